The van der Waals surface area contributed by atoms with Gasteiger partial charge in [-0.25, -0.2) is 0 Å². The number of nitriles is 1. The van der Waals surface area contributed by atoms with Gasteiger partial charge in [-0.1, -0.05) is 0 Å². The van der Waals surface area contributed by atoms with Gasteiger partial charge in [0.2, 0.25) is 0 Å². The van der Waals surface area contributed by atoms with E-state index in [1.165, 1.54) is 0 Å². The molecular weight excluding hydrogens is 397 g/mol. The van der Waals surface area contributed by atoms with Crippen LogP contribution in [0.4, 0.5) is 0 Å². The molecule has 0 aliphatic carbocycles. The van der Waals surface area contributed by atoms with Crippen LogP contribution in [0.3, 0.4) is 0 Å². The van der Waals surface area contributed by atoms with E-state index in [4.69, 9.17) is 4.74 Å². The fourth-order valence-corrected chi connectivity index (χ4v) is 11.7. The van der Waals surface area contributed by atoms with Gasteiger partial charge in [0.15, 0.2) is 0 Å². The monoisotopic (exact) mass is 417 g/mol. The van der Waals surface area contributed by atoms with E-state index < -0.39 is 19.1 Å². The van der Waals surface area contributed by atoms with Gasteiger partial charge < -0.3 is 0 Å². The molecule has 3 nitrogen and oxygen atoms in total. The topological polar surface area (TPSA) is 50.1 Å². The Kier molecular flexibility index (Phi) is 6.01. The second kappa shape index (κ2) is 8.62. The molecule has 0 saturated heterocycles. The number of carbonyl (C=O) groups excluding carboxylic acids is 1. The zero-order chi connectivity index (χ0) is 19.1. The number of nitrogens with zero attached hydrogens (tertiary/aromatic N) is 1. The number of carbonyl (C=O) groups is 1. The molecule has 0 aromatic heterocycles. The van der Waals surface area contributed by atoms with Crippen molar-refractivity contribution in [3.05, 3.63) is 91.0 Å². The van der Waals surface area contributed by atoms with Gasteiger partial charge in [-0.2, -0.15) is 0 Å². The zero-order valence-corrected chi connectivity index (χ0v) is 17.0. The van der Waals surface area contributed by atoms with Gasteiger partial charge in [0.05, 0.1) is 0 Å². The fourth-order valence-electron chi connectivity index (χ4n) is 3.25. The molecule has 0 atom stereocenters. The molecule has 3 aromatic rings. The Balaban J connectivity index is 2.56. The Morgan fingerprint density at radius 2 is 1.19 bits per heavy atom. The number of rotatable bonds is 5. The van der Waals surface area contributed by atoms with Crippen LogP contribution < -0.4 is 13.1 Å². The van der Waals surface area contributed by atoms with E-state index in [1.807, 2.05) is 91.0 Å². The normalized spacial score (nSPS) is 10.7. The Morgan fingerprint density at radius 3 is 1.48 bits per heavy atom. The third-order valence-electron chi connectivity index (χ3n) is 4.34. The molecule has 0 aliphatic rings. The second-order valence-corrected chi connectivity index (χ2v) is 12.9. The number of benzene rings is 3. The summed E-state index contributed by atoms with van der Waals surface area (Å²) in [5.74, 6) is -0.524. The van der Waals surface area contributed by atoms with Crippen LogP contribution in [-0.4, -0.2) is 30.0 Å². The SMILES string of the molecule is CCOC(=O)C(C#N)=[As](c1ccccc1)(c1ccccc1)c1ccccc1. The number of hydrogen-bond acceptors (Lipinski definition) is 3. The third-order valence-corrected chi connectivity index (χ3v) is 13.1. The Bertz CT molecular complexity index is 903. The van der Waals surface area contributed by atoms with Gasteiger partial charge >= 0.3 is 162 Å². The van der Waals surface area contributed by atoms with E-state index >= 15 is 0 Å². The molecular formula is C23H20AsNO2. The van der Waals surface area contributed by atoms with Crippen LogP contribution in [0.15, 0.2) is 91.0 Å². The molecule has 3 rings (SSSR count). The molecule has 4 heteroatoms. The van der Waals surface area contributed by atoms with Crippen molar-refractivity contribution < 1.29 is 9.53 Å². The van der Waals surface area contributed by atoms with Crippen LogP contribution in [0.1, 0.15) is 6.92 Å². The summed E-state index contributed by atoms with van der Waals surface area (Å²) in [5, 5.41) is 10.1. The molecule has 0 aliphatic heterocycles. The summed E-state index contributed by atoms with van der Waals surface area (Å²) in [5.41, 5.74) is 0. The van der Waals surface area contributed by atoms with Crippen LogP contribution in [-0.2, 0) is 9.53 Å². The van der Waals surface area contributed by atoms with E-state index in [9.17, 15) is 10.1 Å². The first-order chi connectivity index (χ1) is 13.2. The van der Waals surface area contributed by atoms with Gasteiger partial charge in [0, 0.05) is 0 Å². The maximum absolute atomic E-state index is 12.9. The molecule has 0 bridgehead atoms. The number of hydrogen-bond donors (Lipinski definition) is 0. The Labute approximate surface area is 161 Å². The minimum atomic E-state index is -3.55. The first kappa shape index (κ1) is 18.8. The predicted octanol–water partition coefficient (Wildman–Crippen LogP) is 2.00. The second-order valence-electron chi connectivity index (χ2n) is 5.86. The van der Waals surface area contributed by atoms with Crippen molar-refractivity contribution in [3.8, 4) is 6.07 Å². The number of esters is 1. The van der Waals surface area contributed by atoms with Crippen LogP contribution in [0.5, 0.6) is 0 Å². The summed E-state index contributed by atoms with van der Waals surface area (Å²) in [7, 11) is 0. The molecule has 0 spiro atoms. The average Bonchev–Trinajstić information content (AvgIpc) is 2.74. The van der Waals surface area contributed by atoms with Crippen LogP contribution in [0.2, 0.25) is 0 Å². The summed E-state index contributed by atoms with van der Waals surface area (Å²) >= 11 is -3.55. The van der Waals surface area contributed by atoms with Crippen molar-refractivity contribution >= 4 is 36.4 Å². The molecule has 27 heavy (non-hydrogen) atoms. The first-order valence-corrected chi connectivity index (χ1v) is 12.5. The minimum absolute atomic E-state index is 0.221. The summed E-state index contributed by atoms with van der Waals surface area (Å²) in [6, 6.07) is 31.9. The standard InChI is InChI=1S/C23H20AsNO2/c1-2-27-23(26)22(18-25)24(19-12-6-3-7-13-19,20-14-8-4-9-15-20)21-16-10-5-11-17-21/h3-17H,2H2,1H3. The van der Waals surface area contributed by atoms with E-state index in [2.05, 4.69) is 6.07 Å². The summed E-state index contributed by atoms with van der Waals surface area (Å²) in [4.78, 5) is 12.9. The molecule has 0 amide bonds. The van der Waals surface area contributed by atoms with Gasteiger partial charge in [0.1, 0.15) is 0 Å². The van der Waals surface area contributed by atoms with E-state index in [0.29, 0.717) is 0 Å². The van der Waals surface area contributed by atoms with Crippen LogP contribution in [0.25, 0.3) is 0 Å². The molecule has 0 unspecified atom stereocenters. The molecule has 134 valence electrons. The molecule has 3 aromatic carbocycles. The van der Waals surface area contributed by atoms with Crippen molar-refractivity contribution in [1.82, 2.24) is 0 Å². The van der Waals surface area contributed by atoms with E-state index in [-0.39, 0.29) is 10.9 Å². The fraction of sp³-hybridized carbons (Fsp3) is 0.0870. The van der Waals surface area contributed by atoms with Gasteiger partial charge in [-0.15, -0.1) is 0 Å². The number of ether oxygens (including phenoxy) is 1. The van der Waals surface area contributed by atoms with Crippen molar-refractivity contribution in [2.45, 2.75) is 6.92 Å². The van der Waals surface area contributed by atoms with Crippen molar-refractivity contribution in [3.63, 3.8) is 0 Å². The Morgan fingerprint density at radius 1 is 0.815 bits per heavy atom. The summed E-state index contributed by atoms with van der Waals surface area (Å²) < 4.78 is 8.57. The zero-order valence-electron chi connectivity index (χ0n) is 15.1. The average molecular weight is 417 g/mol. The van der Waals surface area contributed by atoms with Gasteiger partial charge in [-0.3, -0.25) is 0 Å². The molecule has 0 radical (unpaired) electrons. The maximum atomic E-state index is 12.9. The Hall–Kier alpha value is -2.95. The van der Waals surface area contributed by atoms with E-state index in [1.54, 1.807) is 6.92 Å². The van der Waals surface area contributed by atoms with Crippen molar-refractivity contribution in [2.24, 2.45) is 0 Å². The molecule has 0 saturated carbocycles. The molecule has 0 heterocycles. The summed E-state index contributed by atoms with van der Waals surface area (Å²) in [6.45, 7) is 1.99. The van der Waals surface area contributed by atoms with Crippen molar-refractivity contribution in [1.29, 1.82) is 5.26 Å². The third kappa shape index (κ3) is 3.50. The van der Waals surface area contributed by atoms with Gasteiger partial charge in [0.25, 0.3) is 0 Å². The van der Waals surface area contributed by atoms with E-state index in [0.717, 1.165) is 13.1 Å². The molecule has 0 N–H and O–H groups in total. The predicted molar refractivity (Wildman–Crippen MR) is 111 cm³/mol. The van der Waals surface area contributed by atoms with Crippen LogP contribution >= 0.6 is 0 Å². The van der Waals surface area contributed by atoms with Gasteiger partial charge in [-0.05, 0) is 0 Å². The first-order valence-electron chi connectivity index (χ1n) is 8.75. The summed E-state index contributed by atoms with van der Waals surface area (Å²) in [6.07, 6.45) is 0. The van der Waals surface area contributed by atoms with Crippen LogP contribution in [0, 0.1) is 11.3 Å². The molecule has 0 fully saturated rings. The van der Waals surface area contributed by atoms with Crippen molar-refractivity contribution in [2.75, 3.05) is 6.61 Å². The quantitative estimate of drug-likeness (QED) is 0.472.